The second kappa shape index (κ2) is 17.0. The summed E-state index contributed by atoms with van der Waals surface area (Å²) in [7, 11) is 7.47. The fraction of sp³-hybridized carbons (Fsp3) is 0.694. The maximum absolute atomic E-state index is 14.3. The Morgan fingerprint density at radius 1 is 1.13 bits per heavy atom. The highest BCUT2D eigenvalue weighted by molar-refractivity contribution is 9.09. The lowest BCUT2D eigenvalue weighted by molar-refractivity contribution is -0.295. The lowest BCUT2D eigenvalue weighted by Crippen LogP contribution is -2.60. The zero-order valence-corrected chi connectivity index (χ0v) is 31.3. The van der Waals surface area contributed by atoms with Crippen LogP contribution in [0.2, 0.25) is 0 Å². The van der Waals surface area contributed by atoms with Gasteiger partial charge in [0.1, 0.15) is 12.0 Å². The number of rotatable bonds is 8. The fourth-order valence-electron chi connectivity index (χ4n) is 6.85. The molecule has 1 aromatic carbocycles. The van der Waals surface area contributed by atoms with Crippen molar-refractivity contribution in [3.05, 3.63) is 48.0 Å². The summed E-state index contributed by atoms with van der Waals surface area (Å²) in [5.74, 6) is -2.16. The summed E-state index contributed by atoms with van der Waals surface area (Å²) in [6, 6.07) is 8.40. The molecule has 10 nitrogen and oxygen atoms in total. The van der Waals surface area contributed by atoms with E-state index in [0.717, 1.165) is 0 Å². The van der Waals surface area contributed by atoms with Gasteiger partial charge in [-0.05, 0) is 79.7 Å². The summed E-state index contributed by atoms with van der Waals surface area (Å²) in [6.45, 7) is 11.8. The van der Waals surface area contributed by atoms with Crippen molar-refractivity contribution < 1.29 is 38.1 Å². The zero-order valence-electron chi connectivity index (χ0n) is 29.7. The molecule has 9 atom stereocenters. The van der Waals surface area contributed by atoms with Crippen LogP contribution in [0.1, 0.15) is 64.7 Å². The third-order valence-electron chi connectivity index (χ3n) is 9.60. The highest BCUT2D eigenvalue weighted by Crippen LogP contribution is 2.39. The van der Waals surface area contributed by atoms with Gasteiger partial charge in [0.15, 0.2) is 18.2 Å². The molecule has 3 rings (SSSR count). The molecule has 2 fully saturated rings. The molecule has 2 heterocycles. The standard InChI is InChI=1S/C36H55BrN2O8/c1-23-20-36(6,43-10)31(25(3)30(40)35(4,5)34(42)44-22-27(17-14-18-37)39(9)21-23)47-33-29(28(38(7)8)19-24(2)45-33)46-32(41)26-15-12-11-13-16-26/h11-17,23-25,27-29,31,33H,18-22H2,1-10H3/b17-14+/t23-,24-,25+,27-,28+,29-,31-,33+,36-/m1/s1. The predicted octanol–water partition coefficient (Wildman–Crippen LogP) is 5.13. The average molecular weight is 724 g/mol. The van der Waals surface area contributed by atoms with E-state index in [0.29, 0.717) is 30.3 Å². The lowest BCUT2D eigenvalue weighted by atomic mass is 9.74. The third-order valence-corrected chi connectivity index (χ3v) is 9.97. The highest BCUT2D eigenvalue weighted by atomic mass is 79.9. The molecule has 2 aliphatic rings. The Morgan fingerprint density at radius 3 is 2.38 bits per heavy atom. The number of nitrogens with zero attached hydrogens (tertiary/aromatic N) is 2. The number of allylic oxidation sites excluding steroid dienone is 1. The SMILES string of the molecule is CO[C@]1(C)C[C@@H](C)CN(C)[C@H](/C=C/CBr)COC(=O)C(C)(C)C(=O)[C@H](C)[C@H]1O[C@@H]1O[C@H](C)C[C@H](N(C)C)[C@H]1OC(=O)c1ccccc1. The van der Waals surface area contributed by atoms with Crippen LogP contribution in [0.25, 0.3) is 0 Å². The van der Waals surface area contributed by atoms with Crippen LogP contribution in [0, 0.1) is 17.3 Å². The van der Waals surface area contributed by atoms with Crippen LogP contribution in [0.15, 0.2) is 42.5 Å². The number of likely N-dealkylation sites (N-methyl/N-ethyl adjacent to an activating group) is 2. The molecule has 47 heavy (non-hydrogen) atoms. The zero-order chi connectivity index (χ0) is 35.1. The van der Waals surface area contributed by atoms with Crippen molar-refractivity contribution in [2.45, 2.75) is 96.7 Å². The van der Waals surface area contributed by atoms with Crippen LogP contribution in [-0.4, -0.2) is 117 Å². The number of esters is 2. The van der Waals surface area contributed by atoms with Crippen molar-refractivity contribution in [2.24, 2.45) is 17.3 Å². The molecule has 0 bridgehead atoms. The summed E-state index contributed by atoms with van der Waals surface area (Å²) < 4.78 is 31.5. The van der Waals surface area contributed by atoms with Gasteiger partial charge in [-0.1, -0.05) is 60.1 Å². The van der Waals surface area contributed by atoms with Gasteiger partial charge >= 0.3 is 11.9 Å². The minimum absolute atomic E-state index is 0.0927. The number of hydrogen-bond acceptors (Lipinski definition) is 10. The number of carbonyl (C=O) groups excluding carboxylic acids is 3. The molecular weight excluding hydrogens is 668 g/mol. The summed E-state index contributed by atoms with van der Waals surface area (Å²) in [6.07, 6.45) is 2.19. The molecule has 0 radical (unpaired) electrons. The van der Waals surface area contributed by atoms with Crippen LogP contribution >= 0.6 is 15.9 Å². The van der Waals surface area contributed by atoms with Crippen molar-refractivity contribution >= 4 is 33.7 Å². The normalized spacial score (nSPS) is 34.7. The molecule has 0 aliphatic carbocycles. The molecule has 0 N–H and O–H groups in total. The molecule has 0 saturated carbocycles. The van der Waals surface area contributed by atoms with Crippen LogP contribution in [-0.2, 0) is 33.3 Å². The average Bonchev–Trinajstić information content (AvgIpc) is 3.03. The minimum atomic E-state index is -1.47. The van der Waals surface area contributed by atoms with Crippen LogP contribution in [0.4, 0.5) is 0 Å². The van der Waals surface area contributed by atoms with E-state index in [-0.39, 0.29) is 36.5 Å². The fourth-order valence-corrected chi connectivity index (χ4v) is 7.07. The molecule has 0 spiro atoms. The molecular formula is C36H55BrN2O8. The number of ether oxygens (including phenoxy) is 5. The highest BCUT2D eigenvalue weighted by Gasteiger charge is 2.52. The largest absolute Gasteiger partial charge is 0.463 e. The monoisotopic (exact) mass is 722 g/mol. The molecule has 2 saturated heterocycles. The van der Waals surface area contributed by atoms with Gasteiger partial charge in [0.05, 0.1) is 35.5 Å². The van der Waals surface area contributed by atoms with E-state index in [9.17, 15) is 14.4 Å². The first kappa shape index (κ1) is 39.3. The quantitative estimate of drug-likeness (QED) is 0.155. The summed E-state index contributed by atoms with van der Waals surface area (Å²) in [5.41, 5.74) is -2.04. The van der Waals surface area contributed by atoms with Crippen molar-refractivity contribution in [1.82, 2.24) is 9.80 Å². The van der Waals surface area contributed by atoms with E-state index >= 15 is 0 Å². The minimum Gasteiger partial charge on any atom is -0.463 e. The molecule has 0 amide bonds. The van der Waals surface area contributed by atoms with E-state index in [4.69, 9.17) is 23.7 Å². The summed E-state index contributed by atoms with van der Waals surface area (Å²) in [4.78, 5) is 45.4. The number of cyclic esters (lactones) is 1. The first-order chi connectivity index (χ1) is 22.0. The van der Waals surface area contributed by atoms with Gasteiger partial charge in [0.2, 0.25) is 0 Å². The molecule has 1 aromatic rings. The van der Waals surface area contributed by atoms with Crippen LogP contribution in [0.3, 0.4) is 0 Å². The molecule has 0 aromatic heterocycles. The molecule has 11 heteroatoms. The number of methoxy groups -OCH3 is 1. The molecule has 2 aliphatic heterocycles. The van der Waals surface area contributed by atoms with Gasteiger partial charge in [-0.25, -0.2) is 4.79 Å². The molecule has 0 unspecified atom stereocenters. The number of carbonyl (C=O) groups is 3. The Morgan fingerprint density at radius 2 is 1.79 bits per heavy atom. The van der Waals surface area contributed by atoms with Crippen molar-refractivity contribution in [3.63, 3.8) is 0 Å². The van der Waals surface area contributed by atoms with Gasteiger partial charge in [-0.3, -0.25) is 14.5 Å². The van der Waals surface area contributed by atoms with Crippen molar-refractivity contribution in [1.29, 1.82) is 0 Å². The summed E-state index contributed by atoms with van der Waals surface area (Å²) >= 11 is 3.44. The Balaban J connectivity index is 2.08. The lowest BCUT2D eigenvalue weighted by Gasteiger charge is -2.47. The second-order valence-electron chi connectivity index (χ2n) is 14.2. The second-order valence-corrected chi connectivity index (χ2v) is 14.8. The number of ketones is 1. The predicted molar refractivity (Wildman–Crippen MR) is 184 cm³/mol. The van der Waals surface area contributed by atoms with Gasteiger partial charge in [0, 0.05) is 24.9 Å². The third kappa shape index (κ3) is 9.73. The van der Waals surface area contributed by atoms with Crippen LogP contribution in [0.5, 0.6) is 0 Å². The van der Waals surface area contributed by atoms with Gasteiger partial charge in [-0.2, -0.15) is 0 Å². The Labute approximate surface area is 289 Å². The maximum atomic E-state index is 14.3. The van der Waals surface area contributed by atoms with Crippen molar-refractivity contribution in [2.75, 3.05) is 46.7 Å². The maximum Gasteiger partial charge on any atom is 0.338 e. The Bertz CT molecular complexity index is 1230. The van der Waals surface area contributed by atoms with E-state index < -0.39 is 47.4 Å². The van der Waals surface area contributed by atoms with Crippen molar-refractivity contribution in [3.8, 4) is 0 Å². The number of Topliss-reactive ketones (excluding diaryl/α,β-unsaturated/α-hetero) is 1. The van der Waals surface area contributed by atoms with E-state index in [1.165, 1.54) is 0 Å². The number of hydrogen-bond donors (Lipinski definition) is 0. The van der Waals surface area contributed by atoms with E-state index in [1.807, 2.05) is 58.1 Å². The Hall–Kier alpha value is -2.15. The van der Waals surface area contributed by atoms with Crippen LogP contribution < -0.4 is 0 Å². The van der Waals surface area contributed by atoms with E-state index in [1.54, 1.807) is 52.1 Å². The first-order valence-electron chi connectivity index (χ1n) is 16.5. The topological polar surface area (TPSA) is 104 Å². The summed E-state index contributed by atoms with van der Waals surface area (Å²) in [5, 5.41) is 0.668. The van der Waals surface area contributed by atoms with Gasteiger partial charge in [-0.15, -0.1) is 0 Å². The van der Waals surface area contributed by atoms with Gasteiger partial charge < -0.3 is 28.6 Å². The first-order valence-corrected chi connectivity index (χ1v) is 17.6. The number of halogens is 1. The van der Waals surface area contributed by atoms with E-state index in [2.05, 4.69) is 27.8 Å². The Kier molecular flexibility index (Phi) is 14.2. The van der Waals surface area contributed by atoms with Gasteiger partial charge in [0.25, 0.3) is 0 Å². The number of benzene rings is 1. The molecule has 264 valence electrons. The smallest absolute Gasteiger partial charge is 0.338 e. The number of alkyl halides is 1.